The fraction of sp³-hybridized carbons (Fsp3) is 0.913. The molecule has 0 aromatic rings. The molecule has 2 heterocycles. The van der Waals surface area contributed by atoms with Crippen LogP contribution in [0.1, 0.15) is 77.6 Å². The first-order chi connectivity index (χ1) is 13.6. The van der Waals surface area contributed by atoms with Crippen LogP contribution in [0.25, 0.3) is 0 Å². The van der Waals surface area contributed by atoms with E-state index in [1.807, 2.05) is 22.6 Å². The van der Waals surface area contributed by atoms with E-state index >= 15 is 0 Å². The van der Waals surface area contributed by atoms with E-state index in [-0.39, 0.29) is 15.6 Å². The molecular weight excluding hydrogens is 463 g/mol. The molecule has 0 spiro atoms. The number of halogens is 1. The van der Waals surface area contributed by atoms with Gasteiger partial charge in [0, 0.05) is 24.9 Å². The summed E-state index contributed by atoms with van der Waals surface area (Å²) < 4.78 is 0.277. The van der Waals surface area contributed by atoms with Crippen LogP contribution in [-0.4, -0.2) is 52.2 Å². The summed E-state index contributed by atoms with van der Waals surface area (Å²) >= 11 is 1.92. The maximum atomic E-state index is 12.8. The zero-order valence-electron chi connectivity index (χ0n) is 17.7. The standard InChI is InChI=1S/C23H39IN2O2/c1-2-18-9-14-25(15-10-18)13-3-4-19-11-16-26(17-12-19)23(28)21-7-5-20(6-8-21)22(24)27/h18-21H,2-17H2,1H3. The Morgan fingerprint density at radius 1 is 0.821 bits per heavy atom. The van der Waals surface area contributed by atoms with Gasteiger partial charge in [-0.2, -0.15) is 0 Å². The van der Waals surface area contributed by atoms with Gasteiger partial charge in [-0.3, -0.25) is 9.59 Å². The van der Waals surface area contributed by atoms with Crippen molar-refractivity contribution in [2.45, 2.75) is 77.6 Å². The normalized spacial score (nSPS) is 28.4. The molecule has 3 rings (SSSR count). The minimum atomic E-state index is 0.176. The molecule has 0 N–H and O–H groups in total. The molecule has 160 valence electrons. The van der Waals surface area contributed by atoms with E-state index in [4.69, 9.17) is 0 Å². The van der Waals surface area contributed by atoms with E-state index in [2.05, 4.69) is 16.7 Å². The highest BCUT2D eigenvalue weighted by Crippen LogP contribution is 2.33. The molecule has 1 aliphatic carbocycles. The van der Waals surface area contributed by atoms with E-state index in [0.717, 1.165) is 50.6 Å². The van der Waals surface area contributed by atoms with Crippen molar-refractivity contribution in [2.75, 3.05) is 32.7 Å². The molecule has 3 aliphatic rings. The van der Waals surface area contributed by atoms with Gasteiger partial charge in [-0.05, 0) is 118 Å². The van der Waals surface area contributed by atoms with Gasteiger partial charge in [0.1, 0.15) is 0 Å². The summed E-state index contributed by atoms with van der Waals surface area (Å²) in [6.45, 7) is 8.11. The van der Waals surface area contributed by atoms with E-state index in [1.165, 1.54) is 64.6 Å². The first-order valence-electron chi connectivity index (χ1n) is 11.8. The molecule has 0 aromatic heterocycles. The Labute approximate surface area is 185 Å². The SMILES string of the molecule is CCC1CCN(CCCC2CCN(C(=O)C3CCC(C(=O)I)CC3)CC2)CC1. The van der Waals surface area contributed by atoms with Crippen LogP contribution in [-0.2, 0) is 9.59 Å². The topological polar surface area (TPSA) is 40.6 Å². The van der Waals surface area contributed by atoms with E-state index in [0.29, 0.717) is 5.91 Å². The average molecular weight is 502 g/mol. The predicted octanol–water partition coefficient (Wildman–Crippen LogP) is 4.90. The Hall–Kier alpha value is -0.170. The molecule has 2 aliphatic heterocycles. The molecule has 1 saturated carbocycles. The number of amides is 1. The highest BCUT2D eigenvalue weighted by molar-refractivity contribution is 14.1. The van der Waals surface area contributed by atoms with Crippen molar-refractivity contribution < 1.29 is 9.59 Å². The molecular formula is C23H39IN2O2. The van der Waals surface area contributed by atoms with Gasteiger partial charge in [-0.15, -0.1) is 0 Å². The predicted molar refractivity (Wildman–Crippen MR) is 122 cm³/mol. The highest BCUT2D eigenvalue weighted by atomic mass is 127. The Balaban J connectivity index is 1.29. The lowest BCUT2D eigenvalue weighted by Crippen LogP contribution is -2.43. The fourth-order valence-corrected chi connectivity index (χ4v) is 6.11. The van der Waals surface area contributed by atoms with Gasteiger partial charge in [0.25, 0.3) is 0 Å². The van der Waals surface area contributed by atoms with Crippen molar-refractivity contribution in [1.82, 2.24) is 9.80 Å². The first kappa shape index (κ1) is 22.5. The Kier molecular flexibility index (Phi) is 9.07. The molecule has 0 bridgehead atoms. The van der Waals surface area contributed by atoms with Crippen LogP contribution >= 0.6 is 22.6 Å². The van der Waals surface area contributed by atoms with Crippen LogP contribution in [0.15, 0.2) is 0 Å². The second-order valence-electron chi connectivity index (χ2n) is 9.46. The van der Waals surface area contributed by atoms with Gasteiger partial charge < -0.3 is 9.80 Å². The van der Waals surface area contributed by atoms with Crippen molar-refractivity contribution in [1.29, 1.82) is 0 Å². The van der Waals surface area contributed by atoms with Crippen molar-refractivity contribution in [3.05, 3.63) is 0 Å². The quantitative estimate of drug-likeness (QED) is 0.368. The van der Waals surface area contributed by atoms with Gasteiger partial charge in [-0.25, -0.2) is 0 Å². The number of nitrogens with zero attached hydrogens (tertiary/aromatic N) is 2. The third kappa shape index (κ3) is 6.41. The van der Waals surface area contributed by atoms with Gasteiger partial charge in [0.15, 0.2) is 3.79 Å². The minimum absolute atomic E-state index is 0.176. The minimum Gasteiger partial charge on any atom is -0.342 e. The van der Waals surface area contributed by atoms with Gasteiger partial charge in [0.2, 0.25) is 5.91 Å². The van der Waals surface area contributed by atoms with Crippen LogP contribution < -0.4 is 0 Å². The molecule has 3 fully saturated rings. The Morgan fingerprint density at radius 3 is 1.96 bits per heavy atom. The third-order valence-electron chi connectivity index (χ3n) is 7.69. The van der Waals surface area contributed by atoms with E-state index < -0.39 is 0 Å². The summed E-state index contributed by atoms with van der Waals surface area (Å²) in [5.41, 5.74) is 0. The number of likely N-dealkylation sites (tertiary alicyclic amines) is 2. The van der Waals surface area contributed by atoms with Crippen molar-refractivity contribution >= 4 is 32.3 Å². The molecule has 0 radical (unpaired) electrons. The monoisotopic (exact) mass is 502 g/mol. The molecule has 28 heavy (non-hydrogen) atoms. The lowest BCUT2D eigenvalue weighted by Gasteiger charge is -2.36. The number of hydrogen-bond donors (Lipinski definition) is 0. The third-order valence-corrected chi connectivity index (χ3v) is 8.58. The second kappa shape index (κ2) is 11.3. The lowest BCUT2D eigenvalue weighted by molar-refractivity contribution is -0.138. The molecule has 1 amide bonds. The summed E-state index contributed by atoms with van der Waals surface area (Å²) in [4.78, 5) is 29.2. The number of carbonyl (C=O) groups excluding carboxylic acids is 2. The maximum absolute atomic E-state index is 12.8. The van der Waals surface area contributed by atoms with Crippen molar-refractivity contribution in [2.24, 2.45) is 23.7 Å². The van der Waals surface area contributed by atoms with E-state index in [1.54, 1.807) is 0 Å². The van der Waals surface area contributed by atoms with Crippen LogP contribution in [0.3, 0.4) is 0 Å². The Morgan fingerprint density at radius 2 is 1.39 bits per heavy atom. The van der Waals surface area contributed by atoms with Crippen molar-refractivity contribution in [3.8, 4) is 0 Å². The summed E-state index contributed by atoms with van der Waals surface area (Å²) in [6.07, 6.45) is 12.8. The average Bonchev–Trinajstić information content (AvgIpc) is 2.74. The molecule has 4 nitrogen and oxygen atoms in total. The van der Waals surface area contributed by atoms with Crippen LogP contribution in [0.4, 0.5) is 0 Å². The highest BCUT2D eigenvalue weighted by Gasteiger charge is 2.32. The molecule has 0 unspecified atom stereocenters. The largest absolute Gasteiger partial charge is 0.342 e. The fourth-order valence-electron chi connectivity index (χ4n) is 5.49. The number of hydrogen-bond acceptors (Lipinski definition) is 3. The van der Waals surface area contributed by atoms with Gasteiger partial charge >= 0.3 is 0 Å². The van der Waals surface area contributed by atoms with Crippen LogP contribution in [0, 0.1) is 23.7 Å². The van der Waals surface area contributed by atoms with Crippen LogP contribution in [0.2, 0.25) is 0 Å². The summed E-state index contributed by atoms with van der Waals surface area (Å²) in [7, 11) is 0. The number of piperidine rings is 2. The smallest absolute Gasteiger partial charge is 0.225 e. The van der Waals surface area contributed by atoms with Gasteiger partial charge in [-0.1, -0.05) is 13.3 Å². The second-order valence-corrected chi connectivity index (χ2v) is 10.5. The summed E-state index contributed by atoms with van der Waals surface area (Å²) in [5.74, 6) is 2.52. The molecule has 2 saturated heterocycles. The number of carbonyl (C=O) groups is 2. The zero-order valence-corrected chi connectivity index (χ0v) is 19.9. The van der Waals surface area contributed by atoms with Crippen molar-refractivity contribution in [3.63, 3.8) is 0 Å². The first-order valence-corrected chi connectivity index (χ1v) is 12.8. The summed E-state index contributed by atoms with van der Waals surface area (Å²) in [5, 5.41) is 0. The van der Waals surface area contributed by atoms with Crippen LogP contribution in [0.5, 0.6) is 0 Å². The molecule has 5 heteroatoms. The van der Waals surface area contributed by atoms with E-state index in [9.17, 15) is 9.59 Å². The Bertz CT molecular complexity index is 503. The molecule has 0 atom stereocenters. The lowest BCUT2D eigenvalue weighted by atomic mass is 9.81. The summed E-state index contributed by atoms with van der Waals surface area (Å²) in [6, 6.07) is 0. The number of rotatable bonds is 7. The zero-order chi connectivity index (χ0) is 19.9. The maximum Gasteiger partial charge on any atom is 0.225 e. The van der Waals surface area contributed by atoms with Gasteiger partial charge in [0.05, 0.1) is 0 Å². The molecule has 0 aromatic carbocycles.